The number of carbonyl (C=O) groups is 1. The molecule has 33 heavy (non-hydrogen) atoms. The molecule has 4 aromatic rings. The Bertz CT molecular complexity index is 1240. The van der Waals surface area contributed by atoms with Crippen LogP contribution in [-0.2, 0) is 0 Å². The molecule has 0 N–H and O–H groups in total. The number of aromatic nitrogens is 1. The fourth-order valence-corrected chi connectivity index (χ4v) is 4.70. The molecule has 0 atom stereocenters. The minimum atomic E-state index is -0.0845. The highest BCUT2D eigenvalue weighted by molar-refractivity contribution is 7.22. The second-order valence-corrected chi connectivity index (χ2v) is 9.14. The van der Waals surface area contributed by atoms with Crippen molar-refractivity contribution < 1.29 is 9.53 Å². The Morgan fingerprint density at radius 3 is 2.39 bits per heavy atom. The molecule has 5 nitrogen and oxygen atoms in total. The molecule has 0 radical (unpaired) electrons. The van der Waals surface area contributed by atoms with Gasteiger partial charge in [-0.15, -0.1) is 12.4 Å². The summed E-state index contributed by atoms with van der Waals surface area (Å²) in [5.74, 6) is 1.28. The number of anilines is 1. The van der Waals surface area contributed by atoms with Crippen LogP contribution in [0.25, 0.3) is 10.2 Å². The molecular weight excluding hydrogens is 454 g/mol. The van der Waals surface area contributed by atoms with Gasteiger partial charge in [-0.1, -0.05) is 41.7 Å². The third kappa shape index (κ3) is 5.90. The Kier molecular flexibility index (Phi) is 8.08. The van der Waals surface area contributed by atoms with Crippen LogP contribution in [-0.4, -0.2) is 43.0 Å². The molecule has 0 fully saturated rings. The van der Waals surface area contributed by atoms with E-state index in [-0.39, 0.29) is 18.3 Å². The Morgan fingerprint density at radius 2 is 1.67 bits per heavy atom. The summed E-state index contributed by atoms with van der Waals surface area (Å²) in [6.07, 6.45) is 0. The topological polar surface area (TPSA) is 45.7 Å². The molecule has 0 spiro atoms. The highest BCUT2D eigenvalue weighted by Crippen LogP contribution is 2.33. The zero-order chi connectivity index (χ0) is 22.7. The first kappa shape index (κ1) is 24.7. The van der Waals surface area contributed by atoms with Gasteiger partial charge >= 0.3 is 0 Å². The summed E-state index contributed by atoms with van der Waals surface area (Å²) in [5, 5.41) is 0.718. The van der Waals surface area contributed by atoms with Gasteiger partial charge < -0.3 is 9.64 Å². The number of thiazole rings is 1. The van der Waals surface area contributed by atoms with E-state index in [1.54, 1.807) is 22.3 Å². The number of para-hydroxylation sites is 1. The van der Waals surface area contributed by atoms with Crippen LogP contribution in [0.1, 0.15) is 21.5 Å². The predicted molar refractivity (Wildman–Crippen MR) is 140 cm³/mol. The first-order chi connectivity index (χ1) is 15.4. The van der Waals surface area contributed by atoms with E-state index >= 15 is 0 Å². The number of aryl methyl sites for hydroxylation is 2. The lowest BCUT2D eigenvalue weighted by molar-refractivity contribution is 0.0985. The van der Waals surface area contributed by atoms with Gasteiger partial charge in [-0.25, -0.2) is 4.98 Å². The summed E-state index contributed by atoms with van der Waals surface area (Å²) >= 11 is 1.56. The van der Waals surface area contributed by atoms with Crippen molar-refractivity contribution in [2.24, 2.45) is 0 Å². The van der Waals surface area contributed by atoms with E-state index in [1.807, 2.05) is 62.6 Å². The van der Waals surface area contributed by atoms with Gasteiger partial charge in [0.1, 0.15) is 11.5 Å². The molecule has 1 heterocycles. The minimum Gasteiger partial charge on any atom is -0.457 e. The van der Waals surface area contributed by atoms with Crippen LogP contribution in [0.3, 0.4) is 0 Å². The number of likely N-dealkylation sites (N-methyl/N-ethyl adjacent to an activating group) is 1. The lowest BCUT2D eigenvalue weighted by atomic mass is 10.1. The summed E-state index contributed by atoms with van der Waals surface area (Å²) in [7, 11) is 4.01. The summed E-state index contributed by atoms with van der Waals surface area (Å²) in [4.78, 5) is 22.3. The van der Waals surface area contributed by atoms with Crippen LogP contribution < -0.4 is 9.64 Å². The van der Waals surface area contributed by atoms with Crippen molar-refractivity contribution in [2.45, 2.75) is 13.8 Å². The predicted octanol–water partition coefficient (Wildman–Crippen LogP) is 6.34. The van der Waals surface area contributed by atoms with Crippen LogP contribution in [0.15, 0.2) is 66.7 Å². The fraction of sp³-hybridized carbons (Fsp3) is 0.231. The molecule has 0 unspecified atom stereocenters. The van der Waals surface area contributed by atoms with Crippen molar-refractivity contribution >= 4 is 45.0 Å². The van der Waals surface area contributed by atoms with Gasteiger partial charge in [0.2, 0.25) is 0 Å². The van der Waals surface area contributed by atoms with E-state index < -0.39 is 0 Å². The maximum atomic E-state index is 13.6. The zero-order valence-electron chi connectivity index (χ0n) is 19.2. The Balaban J connectivity index is 0.00000306. The van der Waals surface area contributed by atoms with Gasteiger partial charge in [0.05, 0.1) is 10.2 Å². The highest BCUT2D eigenvalue weighted by Gasteiger charge is 2.22. The van der Waals surface area contributed by atoms with E-state index in [9.17, 15) is 4.79 Å². The standard InChI is InChI=1S/C26H27N3O2S.ClH/c1-18-15-19(2)24-23(16-18)32-26(27-24)29(14-13-28(3)4)25(30)20-9-8-12-22(17-20)31-21-10-6-5-7-11-21;/h5-12,15-17H,13-14H2,1-4H3;1H. The number of halogens is 1. The van der Waals surface area contributed by atoms with E-state index in [2.05, 4.69) is 30.9 Å². The summed E-state index contributed by atoms with van der Waals surface area (Å²) in [5.41, 5.74) is 3.85. The smallest absolute Gasteiger partial charge is 0.260 e. The molecule has 1 aromatic heterocycles. The number of hydrogen-bond acceptors (Lipinski definition) is 5. The molecular formula is C26H28ClN3O2S. The maximum absolute atomic E-state index is 13.6. The quantitative estimate of drug-likeness (QED) is 0.309. The van der Waals surface area contributed by atoms with Crippen molar-refractivity contribution in [3.05, 3.63) is 83.4 Å². The number of carbonyl (C=O) groups excluding carboxylic acids is 1. The van der Waals surface area contributed by atoms with Gasteiger partial charge in [-0.05, 0) is 75.5 Å². The number of nitrogens with zero attached hydrogens (tertiary/aromatic N) is 3. The third-order valence-corrected chi connectivity index (χ3v) is 6.15. The summed E-state index contributed by atoms with van der Waals surface area (Å²) in [6, 6.07) is 21.2. The van der Waals surface area contributed by atoms with Crippen molar-refractivity contribution in [1.82, 2.24) is 9.88 Å². The number of fused-ring (bicyclic) bond motifs is 1. The number of benzene rings is 3. The van der Waals surface area contributed by atoms with Crippen molar-refractivity contribution in [3.63, 3.8) is 0 Å². The maximum Gasteiger partial charge on any atom is 0.260 e. The number of ether oxygens (including phenoxy) is 1. The largest absolute Gasteiger partial charge is 0.457 e. The van der Waals surface area contributed by atoms with Gasteiger partial charge in [0.25, 0.3) is 5.91 Å². The Morgan fingerprint density at radius 1 is 0.939 bits per heavy atom. The fourth-order valence-electron chi connectivity index (χ4n) is 3.53. The first-order valence-corrected chi connectivity index (χ1v) is 11.4. The van der Waals surface area contributed by atoms with E-state index in [0.29, 0.717) is 17.9 Å². The molecule has 172 valence electrons. The van der Waals surface area contributed by atoms with Crippen LogP contribution in [0.4, 0.5) is 5.13 Å². The number of hydrogen-bond donors (Lipinski definition) is 0. The van der Waals surface area contributed by atoms with Crippen LogP contribution in [0.5, 0.6) is 11.5 Å². The first-order valence-electron chi connectivity index (χ1n) is 10.6. The van der Waals surface area contributed by atoms with Crippen molar-refractivity contribution in [3.8, 4) is 11.5 Å². The van der Waals surface area contributed by atoms with E-state index in [1.165, 1.54) is 5.56 Å². The molecule has 3 aromatic carbocycles. The molecule has 7 heteroatoms. The molecule has 0 saturated heterocycles. The van der Waals surface area contributed by atoms with E-state index in [0.717, 1.165) is 33.2 Å². The molecule has 0 aliphatic heterocycles. The zero-order valence-corrected chi connectivity index (χ0v) is 20.9. The Hall–Kier alpha value is -2.93. The monoisotopic (exact) mass is 481 g/mol. The second-order valence-electron chi connectivity index (χ2n) is 8.13. The van der Waals surface area contributed by atoms with E-state index in [4.69, 9.17) is 9.72 Å². The second kappa shape index (κ2) is 10.8. The molecule has 0 aliphatic rings. The van der Waals surface area contributed by atoms with Crippen LogP contribution >= 0.6 is 23.7 Å². The number of rotatable bonds is 7. The van der Waals surface area contributed by atoms with Gasteiger partial charge in [-0.2, -0.15) is 0 Å². The van der Waals surface area contributed by atoms with Crippen molar-refractivity contribution in [2.75, 3.05) is 32.1 Å². The average Bonchev–Trinajstić information content (AvgIpc) is 3.18. The van der Waals surface area contributed by atoms with Gasteiger partial charge in [0.15, 0.2) is 5.13 Å². The third-order valence-electron chi connectivity index (χ3n) is 5.13. The lowest BCUT2D eigenvalue weighted by Crippen LogP contribution is -2.36. The highest BCUT2D eigenvalue weighted by atomic mass is 35.5. The van der Waals surface area contributed by atoms with Crippen LogP contribution in [0, 0.1) is 13.8 Å². The number of amides is 1. The summed E-state index contributed by atoms with van der Waals surface area (Å²) < 4.78 is 7.04. The minimum absolute atomic E-state index is 0. The molecule has 0 aliphatic carbocycles. The molecule has 0 bridgehead atoms. The van der Waals surface area contributed by atoms with Gasteiger partial charge in [-0.3, -0.25) is 9.69 Å². The van der Waals surface area contributed by atoms with Gasteiger partial charge in [0, 0.05) is 18.7 Å². The lowest BCUT2D eigenvalue weighted by Gasteiger charge is -2.22. The molecule has 1 amide bonds. The Labute approximate surface area is 205 Å². The molecule has 4 rings (SSSR count). The van der Waals surface area contributed by atoms with Crippen LogP contribution in [0.2, 0.25) is 0 Å². The average molecular weight is 482 g/mol. The normalized spacial score (nSPS) is 10.8. The SMILES string of the molecule is Cc1cc(C)c2nc(N(CCN(C)C)C(=O)c3cccc(Oc4ccccc4)c3)sc2c1.Cl. The molecule has 0 saturated carbocycles. The van der Waals surface area contributed by atoms with Crippen molar-refractivity contribution in [1.29, 1.82) is 0 Å². The summed E-state index contributed by atoms with van der Waals surface area (Å²) in [6.45, 7) is 5.43.